The van der Waals surface area contributed by atoms with Gasteiger partial charge in [0.2, 0.25) is 0 Å². The normalized spacial score (nSPS) is 11.5. The van der Waals surface area contributed by atoms with Gasteiger partial charge in [-0.1, -0.05) is 25.1 Å². The Hall–Kier alpha value is -2.74. The zero-order valence-corrected chi connectivity index (χ0v) is 16.1. The van der Waals surface area contributed by atoms with Crippen LogP contribution in [0.25, 0.3) is 0 Å². The van der Waals surface area contributed by atoms with E-state index in [0.29, 0.717) is 21.8 Å². The van der Waals surface area contributed by atoms with Crippen LogP contribution in [0.1, 0.15) is 44.7 Å². The third kappa shape index (κ3) is 4.39. The molecule has 0 saturated carbocycles. The van der Waals surface area contributed by atoms with Crippen LogP contribution in [-0.4, -0.2) is 15.3 Å². The van der Waals surface area contributed by atoms with Gasteiger partial charge in [0.05, 0.1) is 16.8 Å². The number of alkyl halides is 3. The number of benzene rings is 1. The monoisotopic (exact) mass is 405 g/mol. The second-order valence-electron chi connectivity index (χ2n) is 6.24. The van der Waals surface area contributed by atoms with Crippen LogP contribution in [0.15, 0.2) is 42.6 Å². The first-order valence-corrected chi connectivity index (χ1v) is 9.43. The molecule has 2 heterocycles. The van der Waals surface area contributed by atoms with Crippen molar-refractivity contribution in [2.75, 3.05) is 5.32 Å². The second-order valence-corrected chi connectivity index (χ2v) is 7.10. The van der Waals surface area contributed by atoms with Crippen molar-refractivity contribution in [2.45, 2.75) is 32.9 Å². The minimum Gasteiger partial charge on any atom is -0.322 e. The number of aryl methyl sites for hydroxylation is 2. The van der Waals surface area contributed by atoms with Crippen LogP contribution in [0, 0.1) is 6.92 Å². The van der Waals surface area contributed by atoms with Gasteiger partial charge in [0.15, 0.2) is 0 Å². The van der Waals surface area contributed by atoms with E-state index in [1.165, 1.54) is 0 Å². The molecule has 0 spiro atoms. The van der Waals surface area contributed by atoms with E-state index in [4.69, 9.17) is 0 Å². The van der Waals surface area contributed by atoms with Crippen molar-refractivity contribution in [1.29, 1.82) is 0 Å². The van der Waals surface area contributed by atoms with E-state index in [9.17, 15) is 18.0 Å². The van der Waals surface area contributed by atoms with Gasteiger partial charge in [-0.2, -0.15) is 17.5 Å². The fourth-order valence-electron chi connectivity index (χ4n) is 2.88. The summed E-state index contributed by atoms with van der Waals surface area (Å²) in [5, 5.41) is 2.89. The maximum absolute atomic E-state index is 12.9. The lowest BCUT2D eigenvalue weighted by Crippen LogP contribution is -2.15. The van der Waals surface area contributed by atoms with Gasteiger partial charge in [-0.3, -0.25) is 9.78 Å². The SMILES string of the molecule is CCc1ccccc1NC(=O)c1c(C)nsc1Cc1cc(C(F)(F)F)ccn1. The van der Waals surface area contributed by atoms with Crippen molar-refractivity contribution in [2.24, 2.45) is 0 Å². The molecule has 1 N–H and O–H groups in total. The predicted octanol–water partition coefficient (Wildman–Crippen LogP) is 5.27. The maximum Gasteiger partial charge on any atom is 0.416 e. The summed E-state index contributed by atoms with van der Waals surface area (Å²) in [6.07, 6.45) is -2.44. The smallest absolute Gasteiger partial charge is 0.322 e. The summed E-state index contributed by atoms with van der Waals surface area (Å²) in [6, 6.07) is 9.42. The van der Waals surface area contributed by atoms with Crippen LogP contribution in [-0.2, 0) is 19.0 Å². The van der Waals surface area contributed by atoms with E-state index in [2.05, 4.69) is 14.7 Å². The van der Waals surface area contributed by atoms with E-state index in [-0.39, 0.29) is 18.0 Å². The quantitative estimate of drug-likeness (QED) is 0.629. The van der Waals surface area contributed by atoms with E-state index in [1.807, 2.05) is 31.2 Å². The van der Waals surface area contributed by atoms with Crippen molar-refractivity contribution >= 4 is 23.1 Å². The van der Waals surface area contributed by atoms with E-state index in [1.54, 1.807) is 6.92 Å². The van der Waals surface area contributed by atoms with Gasteiger partial charge < -0.3 is 5.32 Å². The molecule has 0 saturated heterocycles. The molecule has 0 fully saturated rings. The Bertz CT molecular complexity index is 998. The molecule has 28 heavy (non-hydrogen) atoms. The number of rotatable bonds is 5. The lowest BCUT2D eigenvalue weighted by molar-refractivity contribution is -0.137. The van der Waals surface area contributed by atoms with Crippen LogP contribution in [0.5, 0.6) is 0 Å². The Balaban J connectivity index is 1.87. The number of carbonyl (C=O) groups is 1. The zero-order valence-electron chi connectivity index (χ0n) is 15.3. The number of carbonyl (C=O) groups excluding carboxylic acids is 1. The summed E-state index contributed by atoms with van der Waals surface area (Å²) in [7, 11) is 0. The average molecular weight is 405 g/mol. The van der Waals surface area contributed by atoms with Crippen molar-refractivity contribution in [3.05, 3.63) is 75.6 Å². The summed E-state index contributed by atoms with van der Waals surface area (Å²) in [4.78, 5) is 17.5. The largest absolute Gasteiger partial charge is 0.416 e. The highest BCUT2D eigenvalue weighted by molar-refractivity contribution is 7.06. The van der Waals surface area contributed by atoms with Crippen LogP contribution >= 0.6 is 11.5 Å². The van der Waals surface area contributed by atoms with Gasteiger partial charge in [-0.15, -0.1) is 0 Å². The lowest BCUT2D eigenvalue weighted by atomic mass is 10.1. The summed E-state index contributed by atoms with van der Waals surface area (Å²) in [5.41, 5.74) is 2.11. The summed E-state index contributed by atoms with van der Waals surface area (Å²) in [5.74, 6) is -0.325. The van der Waals surface area contributed by atoms with Gasteiger partial charge >= 0.3 is 6.18 Å². The molecule has 0 bridgehead atoms. The molecular formula is C20H18F3N3OS. The van der Waals surface area contributed by atoms with Crippen molar-refractivity contribution in [3.8, 4) is 0 Å². The molecule has 0 aliphatic carbocycles. The van der Waals surface area contributed by atoms with Gasteiger partial charge in [0.1, 0.15) is 0 Å². The highest BCUT2D eigenvalue weighted by Gasteiger charge is 2.31. The first kappa shape index (κ1) is 20.0. The number of halogens is 3. The van der Waals surface area contributed by atoms with E-state index < -0.39 is 11.7 Å². The third-order valence-corrected chi connectivity index (χ3v) is 5.23. The molecule has 0 aliphatic heterocycles. The first-order valence-electron chi connectivity index (χ1n) is 8.66. The Labute approximate surface area is 164 Å². The summed E-state index contributed by atoms with van der Waals surface area (Å²) < 4.78 is 43.0. The van der Waals surface area contributed by atoms with Crippen LogP contribution in [0.3, 0.4) is 0 Å². The molecule has 0 atom stereocenters. The van der Waals surface area contributed by atoms with E-state index in [0.717, 1.165) is 41.8 Å². The first-order chi connectivity index (χ1) is 13.3. The number of pyridine rings is 1. The molecule has 3 rings (SSSR count). The molecule has 0 unspecified atom stereocenters. The number of hydrogen-bond acceptors (Lipinski definition) is 4. The minimum atomic E-state index is -4.44. The van der Waals surface area contributed by atoms with Gasteiger partial charge in [0.25, 0.3) is 5.91 Å². The average Bonchev–Trinajstić information content (AvgIpc) is 3.02. The zero-order chi connectivity index (χ0) is 20.3. The number of amides is 1. The Morgan fingerprint density at radius 3 is 2.68 bits per heavy atom. The fourth-order valence-corrected chi connectivity index (χ4v) is 3.76. The summed E-state index contributed by atoms with van der Waals surface area (Å²) >= 11 is 1.10. The number of aromatic nitrogens is 2. The lowest BCUT2D eigenvalue weighted by Gasteiger charge is -2.11. The molecule has 0 radical (unpaired) electrons. The molecule has 3 aromatic rings. The molecule has 4 nitrogen and oxygen atoms in total. The topological polar surface area (TPSA) is 54.9 Å². The third-order valence-electron chi connectivity index (χ3n) is 4.29. The molecule has 8 heteroatoms. The van der Waals surface area contributed by atoms with Crippen molar-refractivity contribution in [3.63, 3.8) is 0 Å². The van der Waals surface area contributed by atoms with Crippen molar-refractivity contribution in [1.82, 2.24) is 9.36 Å². The number of para-hydroxylation sites is 1. The molecule has 1 aromatic carbocycles. The standard InChI is InChI=1S/C20H18F3N3OS/c1-3-13-6-4-5-7-16(13)25-19(27)18-12(2)26-28-17(18)11-15-10-14(8-9-24-15)20(21,22)23/h4-10H,3,11H2,1-2H3,(H,25,27). The highest BCUT2D eigenvalue weighted by atomic mass is 32.1. The van der Waals surface area contributed by atoms with Crippen LogP contribution in [0.2, 0.25) is 0 Å². The van der Waals surface area contributed by atoms with Gasteiger partial charge in [-0.05, 0) is 48.6 Å². The van der Waals surface area contributed by atoms with Gasteiger partial charge in [0, 0.05) is 28.9 Å². The molecule has 2 aromatic heterocycles. The molecule has 146 valence electrons. The van der Waals surface area contributed by atoms with Crippen molar-refractivity contribution < 1.29 is 18.0 Å². The molecule has 1 amide bonds. The Morgan fingerprint density at radius 1 is 1.21 bits per heavy atom. The van der Waals surface area contributed by atoms with Crippen LogP contribution < -0.4 is 5.32 Å². The van der Waals surface area contributed by atoms with Gasteiger partial charge in [-0.25, -0.2) is 0 Å². The number of anilines is 1. The number of hydrogen-bond donors (Lipinski definition) is 1. The molecular weight excluding hydrogens is 387 g/mol. The number of nitrogens with one attached hydrogen (secondary N) is 1. The summed E-state index contributed by atoms with van der Waals surface area (Å²) in [6.45, 7) is 3.70. The Morgan fingerprint density at radius 2 is 1.96 bits per heavy atom. The minimum absolute atomic E-state index is 0.105. The fraction of sp³-hybridized carbons (Fsp3) is 0.250. The van der Waals surface area contributed by atoms with E-state index >= 15 is 0 Å². The Kier molecular flexibility index (Phi) is 5.79. The number of nitrogens with zero attached hydrogens (tertiary/aromatic N) is 2. The maximum atomic E-state index is 12.9. The highest BCUT2D eigenvalue weighted by Crippen LogP contribution is 2.30. The predicted molar refractivity (Wildman–Crippen MR) is 103 cm³/mol. The molecule has 0 aliphatic rings. The van der Waals surface area contributed by atoms with Crippen LogP contribution in [0.4, 0.5) is 18.9 Å². The second kappa shape index (κ2) is 8.10.